The van der Waals surface area contributed by atoms with Gasteiger partial charge in [-0.25, -0.2) is 0 Å². The topological polar surface area (TPSA) is 41.8 Å². The van der Waals surface area contributed by atoms with Crippen LogP contribution in [0.3, 0.4) is 0 Å². The number of hydrogen-bond donors (Lipinski definition) is 1. The third-order valence-electron chi connectivity index (χ3n) is 0.856. The molecule has 64 valence electrons. The fourth-order valence-corrected chi connectivity index (χ4v) is 0.377. The molecule has 0 heterocycles. The van der Waals surface area contributed by atoms with Gasteiger partial charge in [0.25, 0.3) is 5.95 Å². The number of aliphatic hydroxyl groups is 1. The minimum absolute atomic E-state index is 0.0323. The first kappa shape index (κ1) is 10.0. The van der Waals surface area contributed by atoms with Crippen molar-refractivity contribution in [3.05, 3.63) is 12.1 Å². The van der Waals surface area contributed by atoms with Crippen LogP contribution in [-0.4, -0.2) is 18.4 Å². The number of aliphatic hydroxyl groups excluding tert-OH is 1. The van der Waals surface area contributed by atoms with Crippen LogP contribution in [0.1, 0.15) is 20.8 Å². The Morgan fingerprint density at radius 1 is 1.45 bits per heavy atom. The summed E-state index contributed by atoms with van der Waals surface area (Å²) in [5.74, 6) is -0.175. The predicted molar refractivity (Wildman–Crippen MR) is 45.7 cm³/mol. The zero-order chi connectivity index (χ0) is 8.91. The van der Waals surface area contributed by atoms with Crippen LogP contribution in [0.2, 0.25) is 0 Å². The number of ether oxygens (including phenoxy) is 1. The van der Waals surface area contributed by atoms with E-state index in [0.717, 1.165) is 0 Å². The molecule has 0 aliphatic rings. The summed E-state index contributed by atoms with van der Waals surface area (Å²) in [6, 6.07) is 0. The lowest BCUT2D eigenvalue weighted by Crippen LogP contribution is -2.05. The molecule has 11 heavy (non-hydrogen) atoms. The monoisotopic (exact) mass is 157 g/mol. The van der Waals surface area contributed by atoms with Crippen molar-refractivity contribution in [2.24, 2.45) is 10.4 Å². The predicted octanol–water partition coefficient (Wildman–Crippen LogP) is 2.11. The molecule has 3 nitrogen and oxygen atoms in total. The van der Waals surface area contributed by atoms with E-state index in [1.807, 2.05) is 20.8 Å². The zero-order valence-corrected chi connectivity index (χ0v) is 7.46. The van der Waals surface area contributed by atoms with Crippen LogP contribution < -0.4 is 0 Å². The largest absolute Gasteiger partial charge is 0.480 e. The first-order chi connectivity index (χ1) is 4.95. The minimum Gasteiger partial charge on any atom is -0.480 e. The molecule has 0 aliphatic heterocycles. The van der Waals surface area contributed by atoms with E-state index >= 15 is 0 Å². The van der Waals surface area contributed by atoms with Crippen LogP contribution >= 0.6 is 0 Å². The lowest BCUT2D eigenvalue weighted by molar-refractivity contribution is 0.135. The summed E-state index contributed by atoms with van der Waals surface area (Å²) in [5.41, 5.74) is 0.0323. The summed E-state index contributed by atoms with van der Waals surface area (Å²) >= 11 is 0. The Bertz CT molecular complexity index is 165. The van der Waals surface area contributed by atoms with E-state index < -0.39 is 0 Å². The van der Waals surface area contributed by atoms with Crippen molar-refractivity contribution >= 4 is 6.21 Å². The highest BCUT2D eigenvalue weighted by Gasteiger charge is 2.03. The Kier molecular flexibility index (Phi) is 3.65. The summed E-state index contributed by atoms with van der Waals surface area (Å²) in [5, 5.41) is 8.78. The van der Waals surface area contributed by atoms with Gasteiger partial charge in [-0.3, -0.25) is 4.99 Å². The summed E-state index contributed by atoms with van der Waals surface area (Å²) < 4.78 is 4.47. The van der Waals surface area contributed by atoms with Crippen molar-refractivity contribution in [3.8, 4) is 0 Å². The molecule has 0 unspecified atom stereocenters. The van der Waals surface area contributed by atoms with Crippen molar-refractivity contribution in [3.63, 3.8) is 0 Å². The van der Waals surface area contributed by atoms with Crippen molar-refractivity contribution in [2.45, 2.75) is 20.8 Å². The molecule has 0 aliphatic carbocycles. The quantitative estimate of drug-likeness (QED) is 0.492. The Morgan fingerprint density at radius 2 is 2.00 bits per heavy atom. The molecule has 0 saturated carbocycles. The van der Waals surface area contributed by atoms with Crippen molar-refractivity contribution in [1.29, 1.82) is 0 Å². The summed E-state index contributed by atoms with van der Waals surface area (Å²) in [6.45, 7) is 6.07. The van der Waals surface area contributed by atoms with Gasteiger partial charge in [-0.05, 0) is 5.41 Å². The van der Waals surface area contributed by atoms with E-state index in [0.29, 0.717) is 0 Å². The molecule has 0 amide bonds. The standard InChI is InChI=1S/C8H15NO2/c1-8(2,3)6-9-5-7(10)11-4/h5-6,10H,1-4H3/b7-5+,9-6?. The van der Waals surface area contributed by atoms with Gasteiger partial charge in [0.15, 0.2) is 0 Å². The maximum absolute atomic E-state index is 8.78. The normalized spacial score (nSPS) is 14.0. The number of aliphatic imine (C=N–C) groups is 1. The van der Waals surface area contributed by atoms with E-state index in [1.165, 1.54) is 13.3 Å². The van der Waals surface area contributed by atoms with E-state index in [9.17, 15) is 0 Å². The second kappa shape index (κ2) is 4.01. The maximum atomic E-state index is 8.78. The van der Waals surface area contributed by atoms with Crippen molar-refractivity contribution in [1.82, 2.24) is 0 Å². The molecule has 0 saturated heterocycles. The molecule has 0 fully saturated rings. The van der Waals surface area contributed by atoms with Gasteiger partial charge in [0.2, 0.25) is 0 Å². The zero-order valence-electron chi connectivity index (χ0n) is 7.46. The summed E-state index contributed by atoms with van der Waals surface area (Å²) in [6.07, 6.45) is 3.01. The lowest BCUT2D eigenvalue weighted by atomic mass is 9.99. The maximum Gasteiger partial charge on any atom is 0.295 e. The smallest absolute Gasteiger partial charge is 0.295 e. The number of nitrogens with zero attached hydrogens (tertiary/aromatic N) is 1. The van der Waals surface area contributed by atoms with Crippen LogP contribution in [0, 0.1) is 5.41 Å². The molecular weight excluding hydrogens is 142 g/mol. The van der Waals surface area contributed by atoms with Crippen LogP contribution in [-0.2, 0) is 4.74 Å². The minimum atomic E-state index is -0.175. The molecule has 0 atom stereocenters. The van der Waals surface area contributed by atoms with E-state index in [1.54, 1.807) is 6.21 Å². The lowest BCUT2D eigenvalue weighted by Gasteiger charge is -2.08. The van der Waals surface area contributed by atoms with Gasteiger partial charge in [0.1, 0.15) is 6.20 Å². The highest BCUT2D eigenvalue weighted by Crippen LogP contribution is 2.08. The second-order valence-electron chi connectivity index (χ2n) is 3.32. The Morgan fingerprint density at radius 3 is 2.36 bits per heavy atom. The third kappa shape index (κ3) is 6.90. The van der Waals surface area contributed by atoms with Gasteiger partial charge in [-0.1, -0.05) is 20.8 Å². The molecule has 1 N–H and O–H groups in total. The van der Waals surface area contributed by atoms with Crippen molar-refractivity contribution in [2.75, 3.05) is 7.11 Å². The average molecular weight is 157 g/mol. The summed E-state index contributed by atoms with van der Waals surface area (Å²) in [4.78, 5) is 3.85. The highest BCUT2D eigenvalue weighted by atomic mass is 16.6. The third-order valence-corrected chi connectivity index (χ3v) is 0.856. The number of hydrogen-bond acceptors (Lipinski definition) is 3. The summed E-state index contributed by atoms with van der Waals surface area (Å²) in [7, 11) is 1.39. The van der Waals surface area contributed by atoms with Gasteiger partial charge in [0.05, 0.1) is 7.11 Å². The molecule has 0 radical (unpaired) electrons. The van der Waals surface area contributed by atoms with E-state index in [2.05, 4.69) is 9.73 Å². The highest BCUT2D eigenvalue weighted by molar-refractivity contribution is 5.64. The SMILES string of the molecule is CO/C(O)=C/N=CC(C)(C)C. The van der Waals surface area contributed by atoms with Crippen LogP contribution in [0.15, 0.2) is 17.1 Å². The van der Waals surface area contributed by atoms with Gasteiger partial charge in [0, 0.05) is 6.21 Å². The Labute approximate surface area is 67.4 Å². The fraction of sp³-hybridized carbons (Fsp3) is 0.625. The van der Waals surface area contributed by atoms with Gasteiger partial charge in [-0.2, -0.15) is 0 Å². The van der Waals surface area contributed by atoms with Crippen LogP contribution in [0.4, 0.5) is 0 Å². The molecule has 0 rings (SSSR count). The van der Waals surface area contributed by atoms with Crippen LogP contribution in [0.25, 0.3) is 0 Å². The molecule has 0 aromatic rings. The molecule has 0 aromatic heterocycles. The van der Waals surface area contributed by atoms with E-state index in [-0.39, 0.29) is 11.4 Å². The first-order valence-electron chi connectivity index (χ1n) is 3.43. The van der Waals surface area contributed by atoms with E-state index in [4.69, 9.17) is 5.11 Å². The fourth-order valence-electron chi connectivity index (χ4n) is 0.377. The van der Waals surface area contributed by atoms with Crippen LogP contribution in [0.5, 0.6) is 0 Å². The molecule has 0 spiro atoms. The number of rotatable bonds is 2. The first-order valence-corrected chi connectivity index (χ1v) is 3.43. The second-order valence-corrected chi connectivity index (χ2v) is 3.32. The molecule has 3 heteroatoms. The van der Waals surface area contributed by atoms with Gasteiger partial charge < -0.3 is 9.84 Å². The Hall–Kier alpha value is -0.990. The molecule has 0 bridgehead atoms. The Balaban J connectivity index is 3.96. The molecular formula is C8H15NO2. The van der Waals surface area contributed by atoms with Crippen molar-refractivity contribution < 1.29 is 9.84 Å². The molecule has 0 aromatic carbocycles. The van der Waals surface area contributed by atoms with Gasteiger partial charge in [-0.15, -0.1) is 0 Å². The number of methoxy groups -OCH3 is 1. The van der Waals surface area contributed by atoms with Gasteiger partial charge >= 0.3 is 0 Å². The average Bonchev–Trinajstić information content (AvgIpc) is 1.85.